The number of hydrogen-bond donors (Lipinski definition) is 2. The van der Waals surface area contributed by atoms with Gasteiger partial charge in [-0.2, -0.15) is 0 Å². The number of aliphatic hydroxyl groups is 1. The first-order valence-electron chi connectivity index (χ1n) is 8.21. The molecule has 0 heterocycles. The zero-order valence-corrected chi connectivity index (χ0v) is 14.9. The minimum absolute atomic E-state index is 0.00216. The van der Waals surface area contributed by atoms with E-state index in [-0.39, 0.29) is 30.3 Å². The second kappa shape index (κ2) is 9.59. The van der Waals surface area contributed by atoms with E-state index in [2.05, 4.69) is 5.32 Å². The fourth-order valence-corrected chi connectivity index (χ4v) is 1.97. The molecule has 1 unspecified atom stereocenters. The molecule has 0 bridgehead atoms. The molecular formula is C18H28FNO4. The van der Waals surface area contributed by atoms with Gasteiger partial charge in [0.25, 0.3) is 0 Å². The van der Waals surface area contributed by atoms with Crippen LogP contribution < -0.4 is 10.1 Å². The fraction of sp³-hybridized carbons (Fsp3) is 0.611. The number of carbonyl (C=O) groups is 1. The van der Waals surface area contributed by atoms with Crippen molar-refractivity contribution in [2.24, 2.45) is 0 Å². The second-order valence-electron chi connectivity index (χ2n) is 6.67. The van der Waals surface area contributed by atoms with Gasteiger partial charge in [-0.3, -0.25) is 4.79 Å². The predicted octanol–water partition coefficient (Wildman–Crippen LogP) is 2.45. The topological polar surface area (TPSA) is 67.8 Å². The molecule has 0 spiro atoms. The summed E-state index contributed by atoms with van der Waals surface area (Å²) in [5.41, 5.74) is 0.593. The molecule has 1 rings (SSSR count). The summed E-state index contributed by atoms with van der Waals surface area (Å²) in [6, 6.07) is 4.56. The molecule has 1 aromatic rings. The summed E-state index contributed by atoms with van der Waals surface area (Å²) in [7, 11) is 0. The molecule has 0 aliphatic rings. The van der Waals surface area contributed by atoms with Crippen molar-refractivity contribution < 1.29 is 23.8 Å². The van der Waals surface area contributed by atoms with Gasteiger partial charge in [0.05, 0.1) is 6.61 Å². The van der Waals surface area contributed by atoms with E-state index in [1.807, 2.05) is 20.8 Å². The Morgan fingerprint density at radius 3 is 2.67 bits per heavy atom. The number of aliphatic hydroxyl groups excluding tert-OH is 1. The third kappa shape index (κ3) is 8.26. The van der Waals surface area contributed by atoms with Crippen LogP contribution in [0.25, 0.3) is 0 Å². The van der Waals surface area contributed by atoms with Crippen LogP contribution in [-0.2, 0) is 16.0 Å². The van der Waals surface area contributed by atoms with Crippen LogP contribution >= 0.6 is 0 Å². The number of carbonyl (C=O) groups excluding carboxylic acids is 1. The van der Waals surface area contributed by atoms with Gasteiger partial charge in [0.2, 0.25) is 0 Å². The van der Waals surface area contributed by atoms with E-state index in [9.17, 15) is 14.3 Å². The summed E-state index contributed by atoms with van der Waals surface area (Å²) >= 11 is 0. The van der Waals surface area contributed by atoms with Gasteiger partial charge >= 0.3 is 5.97 Å². The monoisotopic (exact) mass is 341 g/mol. The molecule has 0 radical (unpaired) electrons. The maximum Gasteiger partial charge on any atom is 0.306 e. The number of nitrogens with one attached hydrogen (secondary N) is 1. The first-order valence-corrected chi connectivity index (χ1v) is 8.21. The van der Waals surface area contributed by atoms with Crippen LogP contribution in [0.3, 0.4) is 0 Å². The molecule has 0 saturated heterocycles. The van der Waals surface area contributed by atoms with Gasteiger partial charge in [0.15, 0.2) is 11.6 Å². The van der Waals surface area contributed by atoms with Crippen LogP contribution in [0.15, 0.2) is 18.2 Å². The Hall–Kier alpha value is -1.66. The molecule has 0 amide bonds. The second-order valence-corrected chi connectivity index (χ2v) is 6.67. The lowest BCUT2D eigenvalue weighted by molar-refractivity contribution is -0.143. The van der Waals surface area contributed by atoms with E-state index in [0.717, 1.165) is 0 Å². The van der Waals surface area contributed by atoms with Gasteiger partial charge in [0, 0.05) is 18.5 Å². The number of hydrogen-bond acceptors (Lipinski definition) is 5. The van der Waals surface area contributed by atoms with Crippen molar-refractivity contribution in [2.75, 3.05) is 19.8 Å². The number of ether oxygens (including phenoxy) is 2. The summed E-state index contributed by atoms with van der Waals surface area (Å²) in [4.78, 5) is 11.3. The SMILES string of the molecule is CCOC(=O)CCc1ccc(OCC(O)CNC(C)(C)C)c(F)c1. The van der Waals surface area contributed by atoms with E-state index < -0.39 is 11.9 Å². The molecule has 2 N–H and O–H groups in total. The average Bonchev–Trinajstić information content (AvgIpc) is 2.49. The fourth-order valence-electron chi connectivity index (χ4n) is 1.97. The van der Waals surface area contributed by atoms with Crippen LogP contribution in [-0.4, -0.2) is 42.5 Å². The standard InChI is InChI=1S/C18H28FNO4/c1-5-23-17(22)9-7-13-6-8-16(15(19)10-13)24-12-14(21)11-20-18(2,3)4/h6,8,10,14,20-21H,5,7,9,11-12H2,1-4H3. The minimum Gasteiger partial charge on any atom is -0.488 e. The number of rotatable bonds is 9. The normalized spacial score (nSPS) is 12.8. The lowest BCUT2D eigenvalue weighted by Gasteiger charge is -2.23. The van der Waals surface area contributed by atoms with E-state index in [1.54, 1.807) is 13.0 Å². The number of β-amino-alcohol motifs (C(OH)–C–C–N with tert-alkyl or cyclic N) is 1. The quantitative estimate of drug-likeness (QED) is 0.675. The van der Waals surface area contributed by atoms with Crippen LogP contribution in [0.5, 0.6) is 5.75 Å². The molecule has 136 valence electrons. The Morgan fingerprint density at radius 2 is 2.08 bits per heavy atom. The van der Waals surface area contributed by atoms with Gasteiger partial charge in [-0.25, -0.2) is 4.39 Å². The molecule has 0 saturated carbocycles. The number of aryl methyl sites for hydroxylation is 1. The van der Waals surface area contributed by atoms with E-state index >= 15 is 0 Å². The maximum absolute atomic E-state index is 14.0. The Kier molecular flexibility index (Phi) is 8.15. The summed E-state index contributed by atoms with van der Waals surface area (Å²) in [6.07, 6.45) is -0.106. The molecule has 0 aliphatic heterocycles. The highest BCUT2D eigenvalue weighted by molar-refractivity contribution is 5.69. The van der Waals surface area contributed by atoms with Gasteiger partial charge in [-0.15, -0.1) is 0 Å². The highest BCUT2D eigenvalue weighted by Gasteiger charge is 2.14. The third-order valence-corrected chi connectivity index (χ3v) is 3.22. The van der Waals surface area contributed by atoms with Crippen LogP contribution in [0.2, 0.25) is 0 Å². The summed E-state index contributed by atoms with van der Waals surface area (Å²) in [5, 5.41) is 13.0. The largest absolute Gasteiger partial charge is 0.488 e. The number of esters is 1. The highest BCUT2D eigenvalue weighted by atomic mass is 19.1. The summed E-state index contributed by atoms with van der Waals surface area (Å²) in [5.74, 6) is -0.718. The third-order valence-electron chi connectivity index (χ3n) is 3.22. The maximum atomic E-state index is 14.0. The van der Waals surface area contributed by atoms with Crippen molar-refractivity contribution in [3.05, 3.63) is 29.6 Å². The molecule has 5 nitrogen and oxygen atoms in total. The minimum atomic E-state index is -0.730. The van der Waals surface area contributed by atoms with E-state index in [1.165, 1.54) is 12.1 Å². The number of halogens is 1. The molecular weight excluding hydrogens is 313 g/mol. The van der Waals surface area contributed by atoms with Gasteiger partial charge in [0.1, 0.15) is 12.7 Å². The molecule has 0 aliphatic carbocycles. The summed E-state index contributed by atoms with van der Waals surface area (Å²) in [6.45, 7) is 8.44. The predicted molar refractivity (Wildman–Crippen MR) is 90.6 cm³/mol. The van der Waals surface area contributed by atoms with Crippen molar-refractivity contribution in [1.82, 2.24) is 5.32 Å². The first kappa shape index (κ1) is 20.4. The van der Waals surface area contributed by atoms with Gasteiger partial charge in [-0.05, 0) is 51.8 Å². The lowest BCUT2D eigenvalue weighted by atomic mass is 10.1. The smallest absolute Gasteiger partial charge is 0.306 e. The molecule has 24 heavy (non-hydrogen) atoms. The van der Waals surface area contributed by atoms with Crippen LogP contribution in [0.4, 0.5) is 4.39 Å². The lowest BCUT2D eigenvalue weighted by Crippen LogP contribution is -2.42. The first-order chi connectivity index (χ1) is 11.2. The van der Waals surface area contributed by atoms with Crippen molar-refractivity contribution >= 4 is 5.97 Å². The number of benzene rings is 1. The van der Waals surface area contributed by atoms with Crippen molar-refractivity contribution in [3.63, 3.8) is 0 Å². The van der Waals surface area contributed by atoms with Gasteiger partial charge < -0.3 is 19.9 Å². The van der Waals surface area contributed by atoms with Gasteiger partial charge in [-0.1, -0.05) is 6.07 Å². The van der Waals surface area contributed by atoms with Crippen molar-refractivity contribution in [1.29, 1.82) is 0 Å². The summed E-state index contributed by atoms with van der Waals surface area (Å²) < 4.78 is 24.2. The zero-order chi connectivity index (χ0) is 18.2. The molecule has 0 fully saturated rings. The van der Waals surface area contributed by atoms with Crippen LogP contribution in [0.1, 0.15) is 39.7 Å². The van der Waals surface area contributed by atoms with E-state index in [4.69, 9.17) is 9.47 Å². The highest BCUT2D eigenvalue weighted by Crippen LogP contribution is 2.19. The average molecular weight is 341 g/mol. The van der Waals surface area contributed by atoms with Crippen molar-refractivity contribution in [2.45, 2.75) is 52.2 Å². The zero-order valence-electron chi connectivity index (χ0n) is 14.9. The van der Waals surface area contributed by atoms with Crippen LogP contribution in [0, 0.1) is 5.82 Å². The Balaban J connectivity index is 2.45. The molecule has 0 aromatic heterocycles. The Labute approximate surface area is 143 Å². The Morgan fingerprint density at radius 1 is 1.38 bits per heavy atom. The Bertz CT molecular complexity index is 528. The van der Waals surface area contributed by atoms with E-state index in [0.29, 0.717) is 25.1 Å². The van der Waals surface area contributed by atoms with Crippen molar-refractivity contribution in [3.8, 4) is 5.75 Å². The molecule has 1 aromatic carbocycles. The molecule has 1 atom stereocenters. The molecule has 6 heteroatoms.